The summed E-state index contributed by atoms with van der Waals surface area (Å²) < 4.78 is 1.61. The minimum atomic E-state index is -0.194. The van der Waals surface area contributed by atoms with Gasteiger partial charge in [-0.2, -0.15) is 4.98 Å². The topological polar surface area (TPSA) is 118 Å². The number of carbonyl (C=O) groups excluding carboxylic acids is 1. The molecular weight excluding hydrogens is 406 g/mol. The van der Waals surface area contributed by atoms with Crippen LogP contribution < -0.4 is 21.9 Å². The molecule has 4 rings (SSSR count). The molecule has 0 atom stereocenters. The zero-order valence-corrected chi connectivity index (χ0v) is 18.3. The van der Waals surface area contributed by atoms with Crippen LogP contribution in [0.2, 0.25) is 0 Å². The average molecular weight is 436 g/mol. The standard InChI is InChI=1S/C23H29N7O2/c1-2-3-8-26-20-19-18(27-23(24)28-20)7-11-30(22(19)32)15-16-5-4-6-17(14-16)21(31)29-12-9-25-10-13-29/h4-7,11,14,25H,2-3,8-10,12-13,15H2,1H3,(H3,24,26,27,28). The highest BCUT2D eigenvalue weighted by molar-refractivity contribution is 5.94. The first-order chi connectivity index (χ1) is 15.6. The highest BCUT2D eigenvalue weighted by Crippen LogP contribution is 2.18. The molecule has 0 unspecified atom stereocenters. The molecule has 0 radical (unpaired) electrons. The van der Waals surface area contributed by atoms with Crippen LogP contribution in [-0.4, -0.2) is 58.1 Å². The number of rotatable bonds is 7. The van der Waals surface area contributed by atoms with Gasteiger partial charge in [0.1, 0.15) is 11.2 Å². The van der Waals surface area contributed by atoms with Crippen molar-refractivity contribution >= 4 is 28.6 Å². The number of carbonyl (C=O) groups is 1. The second-order valence-electron chi connectivity index (χ2n) is 7.96. The van der Waals surface area contributed by atoms with Crippen LogP contribution >= 0.6 is 0 Å². The molecule has 1 saturated heterocycles. The van der Waals surface area contributed by atoms with Gasteiger partial charge in [-0.1, -0.05) is 25.5 Å². The van der Waals surface area contributed by atoms with Crippen LogP contribution in [-0.2, 0) is 6.54 Å². The molecule has 32 heavy (non-hydrogen) atoms. The average Bonchev–Trinajstić information content (AvgIpc) is 2.81. The van der Waals surface area contributed by atoms with Crippen LogP contribution in [0.1, 0.15) is 35.7 Å². The molecule has 0 bridgehead atoms. The van der Waals surface area contributed by atoms with Crippen molar-refractivity contribution in [2.45, 2.75) is 26.3 Å². The summed E-state index contributed by atoms with van der Waals surface area (Å²) in [6.45, 7) is 6.15. The van der Waals surface area contributed by atoms with E-state index < -0.39 is 0 Å². The van der Waals surface area contributed by atoms with Gasteiger partial charge in [0.2, 0.25) is 5.95 Å². The number of nitrogens with zero attached hydrogens (tertiary/aromatic N) is 4. The maximum absolute atomic E-state index is 13.3. The summed E-state index contributed by atoms with van der Waals surface area (Å²) in [5, 5.41) is 6.90. The van der Waals surface area contributed by atoms with Gasteiger partial charge >= 0.3 is 0 Å². The van der Waals surface area contributed by atoms with Crippen LogP contribution in [0.3, 0.4) is 0 Å². The number of unbranched alkanes of at least 4 members (excludes halogenated alkanes) is 1. The lowest BCUT2D eigenvalue weighted by atomic mass is 10.1. The van der Waals surface area contributed by atoms with Gasteiger partial charge < -0.3 is 25.8 Å². The van der Waals surface area contributed by atoms with Crippen molar-refractivity contribution in [2.24, 2.45) is 0 Å². The fourth-order valence-corrected chi connectivity index (χ4v) is 3.89. The number of nitrogen functional groups attached to an aromatic ring is 1. The van der Waals surface area contributed by atoms with Crippen LogP contribution in [0.5, 0.6) is 0 Å². The number of anilines is 2. The van der Waals surface area contributed by atoms with E-state index in [1.54, 1.807) is 16.8 Å². The number of fused-ring (bicyclic) bond motifs is 1. The van der Waals surface area contributed by atoms with Gasteiger partial charge in [0.25, 0.3) is 11.5 Å². The third-order valence-corrected chi connectivity index (χ3v) is 5.60. The molecule has 3 aromatic rings. The van der Waals surface area contributed by atoms with E-state index in [1.807, 2.05) is 29.2 Å². The fourth-order valence-electron chi connectivity index (χ4n) is 3.89. The predicted octanol–water partition coefficient (Wildman–Crippen LogP) is 1.68. The Kier molecular flexibility index (Phi) is 6.65. The van der Waals surface area contributed by atoms with E-state index in [0.29, 0.717) is 48.5 Å². The number of hydrogen-bond donors (Lipinski definition) is 3. The van der Waals surface area contributed by atoms with Crippen molar-refractivity contribution in [3.05, 3.63) is 58.0 Å². The summed E-state index contributed by atoms with van der Waals surface area (Å²) in [5.74, 6) is 0.612. The number of benzene rings is 1. The molecule has 1 aliphatic rings. The second kappa shape index (κ2) is 9.78. The summed E-state index contributed by atoms with van der Waals surface area (Å²) in [4.78, 5) is 36.5. The van der Waals surface area contributed by atoms with Crippen molar-refractivity contribution in [3.8, 4) is 0 Å². The summed E-state index contributed by atoms with van der Waals surface area (Å²) in [5.41, 5.74) is 7.67. The Labute approximate surface area is 186 Å². The predicted molar refractivity (Wildman–Crippen MR) is 126 cm³/mol. The van der Waals surface area contributed by atoms with E-state index in [2.05, 4.69) is 27.5 Å². The molecule has 1 aromatic carbocycles. The lowest BCUT2D eigenvalue weighted by molar-refractivity contribution is 0.0735. The Morgan fingerprint density at radius 2 is 2.03 bits per heavy atom. The minimum Gasteiger partial charge on any atom is -0.369 e. The van der Waals surface area contributed by atoms with Crippen molar-refractivity contribution in [3.63, 3.8) is 0 Å². The Balaban J connectivity index is 1.62. The molecule has 0 spiro atoms. The Hall–Kier alpha value is -3.46. The van der Waals surface area contributed by atoms with Gasteiger partial charge in [0, 0.05) is 44.5 Å². The van der Waals surface area contributed by atoms with Crippen molar-refractivity contribution < 1.29 is 4.79 Å². The van der Waals surface area contributed by atoms with Gasteiger partial charge in [0.05, 0.1) is 12.1 Å². The van der Waals surface area contributed by atoms with E-state index in [1.165, 1.54) is 0 Å². The van der Waals surface area contributed by atoms with Crippen LogP contribution in [0.4, 0.5) is 11.8 Å². The number of aromatic nitrogens is 3. The lowest BCUT2D eigenvalue weighted by Crippen LogP contribution is -2.46. The van der Waals surface area contributed by atoms with Crippen LogP contribution in [0.15, 0.2) is 41.3 Å². The van der Waals surface area contributed by atoms with E-state index in [0.717, 1.165) is 31.5 Å². The molecule has 9 heteroatoms. The van der Waals surface area contributed by atoms with Crippen molar-refractivity contribution in [1.29, 1.82) is 0 Å². The van der Waals surface area contributed by atoms with E-state index in [-0.39, 0.29) is 17.4 Å². The molecule has 1 aliphatic heterocycles. The number of nitrogens with two attached hydrogens (primary N) is 1. The highest BCUT2D eigenvalue weighted by Gasteiger charge is 2.18. The molecule has 1 fully saturated rings. The molecule has 1 amide bonds. The van der Waals surface area contributed by atoms with Gasteiger partial charge in [0.15, 0.2) is 0 Å². The van der Waals surface area contributed by atoms with E-state index in [4.69, 9.17) is 5.73 Å². The fraction of sp³-hybridized carbons (Fsp3) is 0.391. The molecule has 168 valence electrons. The van der Waals surface area contributed by atoms with Gasteiger partial charge in [-0.25, -0.2) is 4.98 Å². The second-order valence-corrected chi connectivity index (χ2v) is 7.96. The third kappa shape index (κ3) is 4.72. The van der Waals surface area contributed by atoms with E-state index >= 15 is 0 Å². The normalized spacial score (nSPS) is 14.0. The molecule has 2 aromatic heterocycles. The lowest BCUT2D eigenvalue weighted by Gasteiger charge is -2.27. The highest BCUT2D eigenvalue weighted by atomic mass is 16.2. The van der Waals surface area contributed by atoms with E-state index in [9.17, 15) is 9.59 Å². The SMILES string of the molecule is CCCCNc1nc(N)nc2ccn(Cc3cccc(C(=O)N4CCNCC4)c3)c(=O)c12. The summed E-state index contributed by atoms with van der Waals surface area (Å²) in [6, 6.07) is 9.24. The molecule has 3 heterocycles. The zero-order chi connectivity index (χ0) is 22.5. The number of amides is 1. The zero-order valence-electron chi connectivity index (χ0n) is 18.3. The summed E-state index contributed by atoms with van der Waals surface area (Å²) >= 11 is 0. The Bertz CT molecular complexity index is 1170. The van der Waals surface area contributed by atoms with Crippen LogP contribution in [0.25, 0.3) is 10.9 Å². The smallest absolute Gasteiger partial charge is 0.264 e. The molecule has 0 aliphatic carbocycles. The summed E-state index contributed by atoms with van der Waals surface area (Å²) in [7, 11) is 0. The Morgan fingerprint density at radius 1 is 1.22 bits per heavy atom. The van der Waals surface area contributed by atoms with Gasteiger partial charge in [-0.3, -0.25) is 9.59 Å². The van der Waals surface area contributed by atoms with Crippen molar-refractivity contribution in [2.75, 3.05) is 43.8 Å². The first-order valence-corrected chi connectivity index (χ1v) is 11.1. The van der Waals surface area contributed by atoms with Crippen LogP contribution in [0, 0.1) is 0 Å². The number of nitrogens with one attached hydrogen (secondary N) is 2. The largest absolute Gasteiger partial charge is 0.369 e. The molecule has 0 saturated carbocycles. The number of pyridine rings is 1. The first kappa shape index (κ1) is 21.8. The first-order valence-electron chi connectivity index (χ1n) is 11.1. The maximum atomic E-state index is 13.3. The molecule has 4 N–H and O–H groups in total. The maximum Gasteiger partial charge on any atom is 0.264 e. The van der Waals surface area contributed by atoms with Gasteiger partial charge in [-0.15, -0.1) is 0 Å². The minimum absolute atomic E-state index is 0.0190. The molecular formula is C23H29N7O2. The number of piperazine rings is 1. The Morgan fingerprint density at radius 3 is 2.81 bits per heavy atom. The monoisotopic (exact) mass is 435 g/mol. The molecule has 9 nitrogen and oxygen atoms in total. The van der Waals surface area contributed by atoms with Gasteiger partial charge in [-0.05, 0) is 30.2 Å². The third-order valence-electron chi connectivity index (χ3n) is 5.60. The number of hydrogen-bond acceptors (Lipinski definition) is 7. The summed E-state index contributed by atoms with van der Waals surface area (Å²) in [6.07, 6.45) is 3.69. The van der Waals surface area contributed by atoms with Crippen molar-refractivity contribution in [1.82, 2.24) is 24.8 Å². The quantitative estimate of drug-likeness (QED) is 0.483.